The topological polar surface area (TPSA) is 39.1 Å². The number of carbonyl (C=O) groups is 2. The first kappa shape index (κ1) is 25.8. The molecule has 0 saturated heterocycles. The van der Waals surface area contributed by atoms with Gasteiger partial charge in [-0.1, -0.05) is 81.1 Å². The Morgan fingerprint density at radius 3 is 2.25 bits per heavy atom. The number of rotatable bonds is 6. The van der Waals surface area contributed by atoms with Crippen LogP contribution in [0.25, 0.3) is 38.5 Å². The molecule has 4 aromatic carbocycles. The van der Waals surface area contributed by atoms with E-state index in [-0.39, 0.29) is 12.0 Å². The molecular formula is C37H33NO2. The quantitative estimate of drug-likeness (QED) is 0.208. The second-order valence-electron chi connectivity index (χ2n) is 11.1. The second-order valence-corrected chi connectivity index (χ2v) is 11.1. The van der Waals surface area contributed by atoms with Crippen LogP contribution in [0.15, 0.2) is 103 Å². The van der Waals surface area contributed by atoms with Gasteiger partial charge in [0.2, 0.25) is 0 Å². The van der Waals surface area contributed by atoms with Crippen molar-refractivity contribution in [1.29, 1.82) is 0 Å². The number of carbonyl (C=O) groups excluding carboxylic acids is 2. The molecule has 0 radical (unpaired) electrons. The zero-order valence-electron chi connectivity index (χ0n) is 23.2. The summed E-state index contributed by atoms with van der Waals surface area (Å²) in [5, 5.41) is 2.30. The molecule has 0 fully saturated rings. The Kier molecular flexibility index (Phi) is 6.59. The summed E-state index contributed by atoms with van der Waals surface area (Å²) in [4.78, 5) is 23.2. The van der Waals surface area contributed by atoms with Gasteiger partial charge in [0.15, 0.2) is 0 Å². The van der Waals surface area contributed by atoms with Gasteiger partial charge in [-0.15, -0.1) is 0 Å². The molecule has 40 heavy (non-hydrogen) atoms. The smallest absolute Gasteiger partial charge is 0.150 e. The Labute approximate surface area is 235 Å². The highest BCUT2D eigenvalue weighted by atomic mass is 16.1. The lowest BCUT2D eigenvalue weighted by molar-refractivity contribution is 0.111. The van der Waals surface area contributed by atoms with Crippen LogP contribution in [0.2, 0.25) is 0 Å². The predicted molar refractivity (Wildman–Crippen MR) is 166 cm³/mol. The third kappa shape index (κ3) is 4.14. The fraction of sp³-hybridized carbons (Fsp3) is 0.189. The second kappa shape index (κ2) is 10.2. The van der Waals surface area contributed by atoms with E-state index in [0.29, 0.717) is 17.0 Å². The molecule has 1 aliphatic rings. The molecule has 0 N–H and O–H groups in total. The number of aryl methyl sites for hydroxylation is 1. The molecule has 3 atom stereocenters. The standard InChI is InChI=1S/C37H33NO2/c1-23-9-5-6-10-29(23)33-19-27(21-39)13-15-31(33)26(4)30-16-18-35(25(3)24(30)2)38-36-12-8-7-11-32(36)34-20-28(22-40)14-17-37(34)38/h5-17,19-22,24-25,35H,4,18H2,1-3H3/t24-,25+,35-/m1/s1. The molecule has 0 unspecified atom stereocenters. The van der Waals surface area contributed by atoms with Crippen LogP contribution in [-0.2, 0) is 0 Å². The SMILES string of the molecule is C=C(C1=CC[C@@H](n2c3ccccc3c3cc(C=O)ccc32)[C@@H](C)[C@H]1C)c1ccc(C=O)cc1-c1ccccc1C. The maximum Gasteiger partial charge on any atom is 0.150 e. The van der Waals surface area contributed by atoms with Crippen molar-refractivity contribution in [1.82, 2.24) is 4.57 Å². The minimum absolute atomic E-state index is 0.268. The number of nitrogens with zero attached hydrogens (tertiary/aromatic N) is 1. The monoisotopic (exact) mass is 523 g/mol. The number of fused-ring (bicyclic) bond motifs is 3. The van der Waals surface area contributed by atoms with Crippen molar-refractivity contribution in [2.24, 2.45) is 11.8 Å². The first-order valence-corrected chi connectivity index (χ1v) is 14.0. The van der Waals surface area contributed by atoms with Crippen LogP contribution in [-0.4, -0.2) is 17.1 Å². The zero-order chi connectivity index (χ0) is 28.0. The molecule has 1 heterocycles. The van der Waals surface area contributed by atoms with Gasteiger partial charge in [-0.05, 0) is 88.9 Å². The highest BCUT2D eigenvalue weighted by Gasteiger charge is 2.33. The molecule has 0 saturated carbocycles. The fourth-order valence-corrected chi connectivity index (χ4v) is 6.61. The summed E-state index contributed by atoms with van der Waals surface area (Å²) < 4.78 is 2.48. The summed E-state index contributed by atoms with van der Waals surface area (Å²) in [5.74, 6) is 0.616. The lowest BCUT2D eigenvalue weighted by Crippen LogP contribution is -2.27. The molecule has 0 amide bonds. The number of allylic oxidation sites excluding steroid dienone is 3. The van der Waals surface area contributed by atoms with E-state index in [9.17, 15) is 9.59 Å². The van der Waals surface area contributed by atoms with Crippen LogP contribution < -0.4 is 0 Å². The molecule has 6 rings (SSSR count). The highest BCUT2D eigenvalue weighted by molar-refractivity contribution is 6.09. The third-order valence-electron chi connectivity index (χ3n) is 8.96. The molecule has 3 nitrogen and oxygen atoms in total. The van der Waals surface area contributed by atoms with Gasteiger partial charge in [0.05, 0.1) is 0 Å². The normalized spacial score (nSPS) is 19.0. The maximum atomic E-state index is 11.7. The first-order valence-electron chi connectivity index (χ1n) is 14.0. The average molecular weight is 524 g/mol. The van der Waals surface area contributed by atoms with E-state index < -0.39 is 0 Å². The summed E-state index contributed by atoms with van der Waals surface area (Å²) in [6, 6.07) is 29.0. The van der Waals surface area contributed by atoms with Crippen LogP contribution >= 0.6 is 0 Å². The summed E-state index contributed by atoms with van der Waals surface area (Å²) >= 11 is 0. The molecule has 1 aromatic heterocycles. The van der Waals surface area contributed by atoms with Gasteiger partial charge in [0.25, 0.3) is 0 Å². The van der Waals surface area contributed by atoms with Crippen LogP contribution in [0.4, 0.5) is 0 Å². The van der Waals surface area contributed by atoms with Gasteiger partial charge in [0.1, 0.15) is 12.6 Å². The largest absolute Gasteiger partial charge is 0.337 e. The van der Waals surface area contributed by atoms with E-state index in [1.807, 2.05) is 36.4 Å². The molecule has 5 aromatic rings. The van der Waals surface area contributed by atoms with Crippen LogP contribution in [0.1, 0.15) is 58.2 Å². The van der Waals surface area contributed by atoms with Gasteiger partial charge in [-0.25, -0.2) is 0 Å². The molecule has 3 heteroatoms. The summed E-state index contributed by atoms with van der Waals surface area (Å²) in [7, 11) is 0. The van der Waals surface area contributed by atoms with Crippen molar-refractivity contribution < 1.29 is 9.59 Å². The van der Waals surface area contributed by atoms with E-state index >= 15 is 0 Å². The van der Waals surface area contributed by atoms with Gasteiger partial charge in [0, 0.05) is 39.0 Å². The molecule has 198 valence electrons. The third-order valence-corrected chi connectivity index (χ3v) is 8.96. The summed E-state index contributed by atoms with van der Waals surface area (Å²) in [6.07, 6.45) is 5.08. The van der Waals surface area contributed by atoms with Gasteiger partial charge < -0.3 is 4.57 Å². The number of hydrogen-bond donors (Lipinski definition) is 0. The fourth-order valence-electron chi connectivity index (χ4n) is 6.61. The average Bonchev–Trinajstić information content (AvgIpc) is 3.31. The Morgan fingerprint density at radius 2 is 1.48 bits per heavy atom. The number of para-hydroxylation sites is 1. The van der Waals surface area contributed by atoms with Crippen molar-refractivity contribution in [3.05, 3.63) is 125 Å². The lowest BCUT2D eigenvalue weighted by atomic mass is 9.73. The van der Waals surface area contributed by atoms with Gasteiger partial charge >= 0.3 is 0 Å². The van der Waals surface area contributed by atoms with Crippen molar-refractivity contribution in [3.63, 3.8) is 0 Å². The Morgan fingerprint density at radius 1 is 0.800 bits per heavy atom. The highest BCUT2D eigenvalue weighted by Crippen LogP contribution is 2.46. The van der Waals surface area contributed by atoms with Crippen molar-refractivity contribution in [2.75, 3.05) is 0 Å². The van der Waals surface area contributed by atoms with E-state index in [2.05, 4.69) is 86.5 Å². The molecular weight excluding hydrogens is 490 g/mol. The zero-order valence-corrected chi connectivity index (χ0v) is 23.2. The number of aldehydes is 2. The van der Waals surface area contributed by atoms with E-state index in [1.165, 1.54) is 22.0 Å². The Bertz CT molecular complexity index is 1840. The number of benzene rings is 4. The molecule has 1 aliphatic carbocycles. The van der Waals surface area contributed by atoms with E-state index in [0.717, 1.165) is 52.2 Å². The van der Waals surface area contributed by atoms with Crippen LogP contribution in [0.3, 0.4) is 0 Å². The lowest BCUT2D eigenvalue weighted by Gasteiger charge is -2.37. The van der Waals surface area contributed by atoms with Crippen molar-refractivity contribution in [2.45, 2.75) is 33.2 Å². The summed E-state index contributed by atoms with van der Waals surface area (Å²) in [6.45, 7) is 11.4. The summed E-state index contributed by atoms with van der Waals surface area (Å²) in [5.41, 5.74) is 10.4. The van der Waals surface area contributed by atoms with Crippen LogP contribution in [0, 0.1) is 18.8 Å². The predicted octanol–water partition coefficient (Wildman–Crippen LogP) is 9.25. The Hall–Kier alpha value is -4.50. The molecule has 0 bridgehead atoms. The molecule has 0 spiro atoms. The minimum Gasteiger partial charge on any atom is -0.337 e. The minimum atomic E-state index is 0.268. The van der Waals surface area contributed by atoms with Crippen molar-refractivity contribution in [3.8, 4) is 11.1 Å². The van der Waals surface area contributed by atoms with Crippen LogP contribution in [0.5, 0.6) is 0 Å². The maximum absolute atomic E-state index is 11.7. The Balaban J connectivity index is 1.44. The number of aromatic nitrogens is 1. The first-order chi connectivity index (χ1) is 19.4. The number of hydrogen-bond acceptors (Lipinski definition) is 2. The molecule has 0 aliphatic heterocycles. The van der Waals surface area contributed by atoms with Gasteiger partial charge in [-0.3, -0.25) is 9.59 Å². The van der Waals surface area contributed by atoms with Crippen molar-refractivity contribution >= 4 is 40.0 Å². The van der Waals surface area contributed by atoms with E-state index in [1.54, 1.807) is 0 Å². The van der Waals surface area contributed by atoms with Gasteiger partial charge in [-0.2, -0.15) is 0 Å². The van der Waals surface area contributed by atoms with E-state index in [4.69, 9.17) is 0 Å².